The summed E-state index contributed by atoms with van der Waals surface area (Å²) in [4.78, 5) is 11.9. The fraction of sp³-hybridized carbons (Fsp3) is 0.467. The fourth-order valence-electron chi connectivity index (χ4n) is 2.36. The van der Waals surface area contributed by atoms with Crippen LogP contribution in [0.3, 0.4) is 0 Å². The van der Waals surface area contributed by atoms with Crippen molar-refractivity contribution in [3.8, 4) is 0 Å². The molecule has 21 heavy (non-hydrogen) atoms. The van der Waals surface area contributed by atoms with Gasteiger partial charge in [-0.05, 0) is 25.3 Å². The minimum atomic E-state index is -0.231. The van der Waals surface area contributed by atoms with Crippen LogP contribution < -0.4 is 11.1 Å². The van der Waals surface area contributed by atoms with E-state index in [-0.39, 0.29) is 17.3 Å². The van der Waals surface area contributed by atoms with Crippen molar-refractivity contribution in [2.75, 3.05) is 13.2 Å². The van der Waals surface area contributed by atoms with Gasteiger partial charge in [-0.1, -0.05) is 29.4 Å². The van der Waals surface area contributed by atoms with Crippen molar-refractivity contribution >= 4 is 11.7 Å². The maximum absolute atomic E-state index is 11.9. The van der Waals surface area contributed by atoms with Gasteiger partial charge in [0.1, 0.15) is 0 Å². The molecule has 1 heterocycles. The number of rotatable bonds is 5. The maximum Gasteiger partial charge on any atom is 0.224 e. The lowest BCUT2D eigenvalue weighted by Crippen LogP contribution is -2.40. The number of nitrogens with zero attached hydrogens (tertiary/aromatic N) is 1. The Morgan fingerprint density at radius 2 is 2.19 bits per heavy atom. The number of carbonyl (C=O) groups is 1. The van der Waals surface area contributed by atoms with Gasteiger partial charge in [0.05, 0.1) is 12.0 Å². The molecule has 1 fully saturated rings. The Bertz CT molecular complexity index is 519. The van der Waals surface area contributed by atoms with Crippen molar-refractivity contribution in [3.63, 3.8) is 0 Å². The first-order valence-corrected chi connectivity index (χ1v) is 7.00. The Balaban J connectivity index is 1.85. The molecule has 0 saturated carbocycles. The summed E-state index contributed by atoms with van der Waals surface area (Å²) in [5, 5.41) is 14.4. The topological polar surface area (TPSA) is 96.9 Å². The molecule has 1 aromatic rings. The fourth-order valence-corrected chi connectivity index (χ4v) is 2.36. The van der Waals surface area contributed by atoms with Crippen molar-refractivity contribution in [2.24, 2.45) is 10.9 Å². The van der Waals surface area contributed by atoms with Crippen molar-refractivity contribution in [1.82, 2.24) is 5.32 Å². The van der Waals surface area contributed by atoms with Crippen LogP contribution in [-0.2, 0) is 16.0 Å². The van der Waals surface area contributed by atoms with Crippen molar-refractivity contribution < 1.29 is 14.7 Å². The average Bonchev–Trinajstić information content (AvgIpc) is 2.92. The van der Waals surface area contributed by atoms with Gasteiger partial charge >= 0.3 is 0 Å². The molecule has 6 nitrogen and oxygen atoms in total. The highest BCUT2D eigenvalue weighted by atomic mass is 16.5. The molecule has 1 aliphatic rings. The number of ether oxygens (including phenoxy) is 1. The summed E-state index contributed by atoms with van der Waals surface area (Å²) in [5.74, 6) is 0.0144. The van der Waals surface area contributed by atoms with E-state index < -0.39 is 0 Å². The lowest BCUT2D eigenvalue weighted by Gasteiger charge is -2.23. The monoisotopic (exact) mass is 291 g/mol. The number of benzene rings is 1. The third-order valence-electron chi connectivity index (χ3n) is 3.68. The van der Waals surface area contributed by atoms with Gasteiger partial charge in [0.2, 0.25) is 5.91 Å². The molecule has 1 amide bonds. The maximum atomic E-state index is 11.9. The second-order valence-electron chi connectivity index (χ2n) is 5.54. The summed E-state index contributed by atoms with van der Waals surface area (Å²) >= 11 is 0. The van der Waals surface area contributed by atoms with Gasteiger partial charge in [-0.15, -0.1) is 0 Å². The van der Waals surface area contributed by atoms with Crippen LogP contribution in [0.5, 0.6) is 0 Å². The van der Waals surface area contributed by atoms with Gasteiger partial charge in [0, 0.05) is 18.7 Å². The van der Waals surface area contributed by atoms with E-state index in [0.717, 1.165) is 25.0 Å². The van der Waals surface area contributed by atoms with E-state index >= 15 is 0 Å². The summed E-state index contributed by atoms with van der Waals surface area (Å²) < 4.78 is 5.63. The predicted octanol–water partition coefficient (Wildman–Crippen LogP) is 1.01. The molecule has 1 aliphatic heterocycles. The Labute approximate surface area is 124 Å². The number of hydrogen-bond acceptors (Lipinski definition) is 4. The number of nitrogens with two attached hydrogens (primary N) is 1. The molecule has 0 radical (unpaired) electrons. The molecule has 1 saturated heterocycles. The minimum absolute atomic E-state index is 0.0386. The molecule has 2 rings (SSSR count). The molecule has 1 atom stereocenters. The Kier molecular flexibility index (Phi) is 4.80. The van der Waals surface area contributed by atoms with Gasteiger partial charge in [0.15, 0.2) is 5.84 Å². The third kappa shape index (κ3) is 4.19. The van der Waals surface area contributed by atoms with Gasteiger partial charge in [0.25, 0.3) is 0 Å². The molecule has 1 aromatic carbocycles. The van der Waals surface area contributed by atoms with Crippen molar-refractivity contribution in [3.05, 3.63) is 35.4 Å². The number of oxime groups is 1. The van der Waals surface area contributed by atoms with Crippen molar-refractivity contribution in [2.45, 2.75) is 31.8 Å². The summed E-state index contributed by atoms with van der Waals surface area (Å²) in [6, 6.07) is 7.03. The second kappa shape index (κ2) is 6.58. The van der Waals surface area contributed by atoms with Crippen LogP contribution in [0.2, 0.25) is 0 Å². The van der Waals surface area contributed by atoms with E-state index in [1.807, 2.05) is 6.92 Å². The number of hydrogen-bond donors (Lipinski definition) is 3. The molecular formula is C15H21N3O3. The first-order valence-electron chi connectivity index (χ1n) is 7.00. The van der Waals surface area contributed by atoms with E-state index in [1.54, 1.807) is 24.3 Å². The summed E-state index contributed by atoms with van der Waals surface area (Å²) in [5.41, 5.74) is 6.75. The third-order valence-corrected chi connectivity index (χ3v) is 3.68. The molecule has 0 spiro atoms. The molecule has 0 bridgehead atoms. The summed E-state index contributed by atoms with van der Waals surface area (Å²) in [6.45, 7) is 3.32. The van der Waals surface area contributed by atoms with Crippen LogP contribution in [-0.4, -0.2) is 35.7 Å². The largest absolute Gasteiger partial charge is 0.409 e. The number of amides is 1. The van der Waals surface area contributed by atoms with Gasteiger partial charge < -0.3 is 21.0 Å². The zero-order chi connectivity index (χ0) is 15.3. The van der Waals surface area contributed by atoms with Crippen LogP contribution in [0.1, 0.15) is 30.9 Å². The zero-order valence-electron chi connectivity index (χ0n) is 12.1. The highest BCUT2D eigenvalue weighted by molar-refractivity contribution is 5.97. The van der Waals surface area contributed by atoms with Crippen molar-refractivity contribution in [1.29, 1.82) is 0 Å². The summed E-state index contributed by atoms with van der Waals surface area (Å²) in [6.07, 6.45) is 2.32. The quantitative estimate of drug-likeness (QED) is 0.326. The molecule has 4 N–H and O–H groups in total. The van der Waals surface area contributed by atoms with Crippen LogP contribution >= 0.6 is 0 Å². The van der Waals surface area contributed by atoms with Crippen LogP contribution in [0.15, 0.2) is 29.4 Å². The average molecular weight is 291 g/mol. The van der Waals surface area contributed by atoms with Gasteiger partial charge in [-0.2, -0.15) is 0 Å². The predicted molar refractivity (Wildman–Crippen MR) is 79.3 cm³/mol. The Hall–Kier alpha value is -2.08. The summed E-state index contributed by atoms with van der Waals surface area (Å²) in [7, 11) is 0. The number of amidine groups is 1. The number of carbonyl (C=O) groups excluding carboxylic acids is 1. The molecule has 0 aliphatic carbocycles. The second-order valence-corrected chi connectivity index (χ2v) is 5.54. The van der Waals surface area contributed by atoms with Crippen LogP contribution in [0.4, 0.5) is 0 Å². The van der Waals surface area contributed by atoms with Gasteiger partial charge in [-0.25, -0.2) is 0 Å². The lowest BCUT2D eigenvalue weighted by molar-refractivity contribution is -0.121. The standard InChI is InChI=1S/C15H21N3O3/c1-15(7-2-8-21-15)10-17-13(19)9-11-3-5-12(6-4-11)14(16)18-20/h3-6,20H,2,7-10H2,1H3,(H2,16,18)(H,17,19). The van der Waals surface area contributed by atoms with E-state index in [0.29, 0.717) is 18.5 Å². The van der Waals surface area contributed by atoms with Crippen LogP contribution in [0.25, 0.3) is 0 Å². The first-order chi connectivity index (χ1) is 10.0. The van der Waals surface area contributed by atoms with Gasteiger partial charge in [-0.3, -0.25) is 4.79 Å². The smallest absolute Gasteiger partial charge is 0.224 e. The molecule has 0 aromatic heterocycles. The number of nitrogens with one attached hydrogen (secondary N) is 1. The Morgan fingerprint density at radius 3 is 2.76 bits per heavy atom. The zero-order valence-corrected chi connectivity index (χ0v) is 12.1. The lowest BCUT2D eigenvalue weighted by atomic mass is 10.0. The SMILES string of the molecule is CC1(CNC(=O)Cc2ccc(/C(N)=N/O)cc2)CCCO1. The Morgan fingerprint density at radius 1 is 1.48 bits per heavy atom. The van der Waals surface area contributed by atoms with E-state index in [4.69, 9.17) is 15.7 Å². The minimum Gasteiger partial charge on any atom is -0.409 e. The van der Waals surface area contributed by atoms with Crippen LogP contribution in [0, 0.1) is 0 Å². The highest BCUT2D eigenvalue weighted by Crippen LogP contribution is 2.23. The molecule has 6 heteroatoms. The first kappa shape index (κ1) is 15.3. The van der Waals surface area contributed by atoms with E-state index in [2.05, 4.69) is 10.5 Å². The normalized spacial score (nSPS) is 22.2. The molecule has 1 unspecified atom stereocenters. The van der Waals surface area contributed by atoms with E-state index in [1.165, 1.54) is 0 Å². The molecular weight excluding hydrogens is 270 g/mol. The molecule has 114 valence electrons. The van der Waals surface area contributed by atoms with E-state index in [9.17, 15) is 4.79 Å². The highest BCUT2D eigenvalue weighted by Gasteiger charge is 2.29.